The Morgan fingerprint density at radius 2 is 1.16 bits per heavy atom. The summed E-state index contributed by atoms with van der Waals surface area (Å²) in [6.45, 7) is 3.66. The number of hydrazone groups is 2. The lowest BCUT2D eigenvalue weighted by Gasteiger charge is -2.08. The lowest BCUT2D eigenvalue weighted by atomic mass is 10.2. The van der Waals surface area contributed by atoms with E-state index in [1.165, 1.54) is 0 Å². The number of nitrogens with zero attached hydrogens (tertiary/aromatic N) is 5. The van der Waals surface area contributed by atoms with Crippen molar-refractivity contribution in [2.45, 2.75) is 13.8 Å². The Morgan fingerprint density at radius 3 is 1.56 bits per heavy atom. The fraction of sp³-hybridized carbons (Fsp3) is 0.0952. The summed E-state index contributed by atoms with van der Waals surface area (Å²) in [5.41, 5.74) is 8.27. The molecule has 9 nitrogen and oxygen atoms in total. The van der Waals surface area contributed by atoms with Gasteiger partial charge in [0.15, 0.2) is 10.2 Å². The number of hydrogen-bond donors (Lipinski definition) is 4. The highest BCUT2D eigenvalue weighted by Crippen LogP contribution is 2.04. The molecule has 162 valence electrons. The number of nitrogens with one attached hydrogen (secondary N) is 4. The van der Waals surface area contributed by atoms with Crippen LogP contribution in [0.1, 0.15) is 25.2 Å². The van der Waals surface area contributed by atoms with Gasteiger partial charge < -0.3 is 10.6 Å². The van der Waals surface area contributed by atoms with E-state index in [1.807, 2.05) is 68.4 Å². The SMILES string of the molecule is C/C(=N\NC(=S)Nc1ccccn1)c1cccc(/C(C)=N/NC(=S)Nc2ccccn2)n1. The molecule has 32 heavy (non-hydrogen) atoms. The molecule has 0 radical (unpaired) electrons. The quantitative estimate of drug-likeness (QED) is 0.248. The molecule has 3 rings (SSSR count). The molecule has 0 amide bonds. The van der Waals surface area contributed by atoms with Crippen LogP contribution in [0.15, 0.2) is 77.2 Å². The highest BCUT2D eigenvalue weighted by atomic mass is 32.1. The average molecular weight is 464 g/mol. The first-order valence-electron chi connectivity index (χ1n) is 9.53. The average Bonchev–Trinajstić information content (AvgIpc) is 2.82. The van der Waals surface area contributed by atoms with Gasteiger partial charge in [-0.3, -0.25) is 10.9 Å². The van der Waals surface area contributed by atoms with E-state index in [2.05, 4.69) is 46.6 Å². The van der Waals surface area contributed by atoms with Crippen LogP contribution in [-0.4, -0.2) is 36.6 Å². The van der Waals surface area contributed by atoms with E-state index in [0.717, 1.165) is 0 Å². The zero-order valence-electron chi connectivity index (χ0n) is 17.4. The lowest BCUT2D eigenvalue weighted by molar-refractivity contribution is 1.02. The maximum atomic E-state index is 5.24. The molecule has 0 aromatic carbocycles. The van der Waals surface area contributed by atoms with Crippen LogP contribution in [0.3, 0.4) is 0 Å². The Kier molecular flexibility index (Phi) is 8.23. The molecule has 0 aliphatic carbocycles. The third-order valence-electron chi connectivity index (χ3n) is 3.95. The molecule has 0 saturated heterocycles. The van der Waals surface area contributed by atoms with Crippen molar-refractivity contribution in [2.24, 2.45) is 10.2 Å². The first-order valence-corrected chi connectivity index (χ1v) is 10.4. The van der Waals surface area contributed by atoms with E-state index >= 15 is 0 Å². The van der Waals surface area contributed by atoms with Crippen molar-refractivity contribution in [1.29, 1.82) is 0 Å². The van der Waals surface area contributed by atoms with Crippen LogP contribution in [0, 0.1) is 0 Å². The van der Waals surface area contributed by atoms with E-state index in [0.29, 0.717) is 44.7 Å². The normalized spacial score (nSPS) is 11.4. The molecule has 4 N–H and O–H groups in total. The van der Waals surface area contributed by atoms with Crippen LogP contribution in [0.2, 0.25) is 0 Å². The molecule has 0 atom stereocenters. The summed E-state index contributed by atoms with van der Waals surface area (Å²) in [4.78, 5) is 12.9. The van der Waals surface area contributed by atoms with Crippen molar-refractivity contribution in [1.82, 2.24) is 25.8 Å². The van der Waals surface area contributed by atoms with Gasteiger partial charge in [0.25, 0.3) is 0 Å². The molecule has 0 saturated carbocycles. The molecular formula is C21H21N9S2. The summed E-state index contributed by atoms with van der Waals surface area (Å²) < 4.78 is 0. The molecular weight excluding hydrogens is 442 g/mol. The van der Waals surface area contributed by atoms with Gasteiger partial charge >= 0.3 is 0 Å². The topological polar surface area (TPSA) is 112 Å². The largest absolute Gasteiger partial charge is 0.316 e. The Balaban J connectivity index is 1.59. The second-order valence-electron chi connectivity index (χ2n) is 6.36. The zero-order chi connectivity index (χ0) is 22.8. The number of pyridine rings is 3. The van der Waals surface area contributed by atoms with Crippen LogP contribution in [-0.2, 0) is 0 Å². The van der Waals surface area contributed by atoms with Gasteiger partial charge in [0, 0.05) is 12.4 Å². The molecule has 0 aliphatic rings. The van der Waals surface area contributed by atoms with E-state index in [-0.39, 0.29) is 0 Å². The van der Waals surface area contributed by atoms with Gasteiger partial charge in [-0.1, -0.05) is 18.2 Å². The zero-order valence-corrected chi connectivity index (χ0v) is 19.0. The molecule has 0 fully saturated rings. The molecule has 3 aromatic rings. The van der Waals surface area contributed by atoms with E-state index in [9.17, 15) is 0 Å². The van der Waals surface area contributed by atoms with Gasteiger partial charge in [0.1, 0.15) is 11.6 Å². The number of anilines is 2. The number of rotatable bonds is 6. The maximum absolute atomic E-state index is 5.24. The number of hydrogen-bond acceptors (Lipinski definition) is 7. The van der Waals surface area contributed by atoms with Crippen molar-refractivity contribution in [3.8, 4) is 0 Å². The smallest absolute Gasteiger partial charge is 0.192 e. The predicted molar refractivity (Wildman–Crippen MR) is 136 cm³/mol. The van der Waals surface area contributed by atoms with Crippen molar-refractivity contribution in [3.63, 3.8) is 0 Å². The number of aromatic nitrogens is 3. The molecule has 0 aliphatic heterocycles. The van der Waals surface area contributed by atoms with Crippen LogP contribution >= 0.6 is 24.4 Å². The van der Waals surface area contributed by atoms with E-state index in [4.69, 9.17) is 24.4 Å². The van der Waals surface area contributed by atoms with Crippen molar-refractivity contribution in [3.05, 3.63) is 78.4 Å². The molecule has 3 aromatic heterocycles. The van der Waals surface area contributed by atoms with Crippen molar-refractivity contribution >= 4 is 57.7 Å². The summed E-state index contributed by atoms with van der Waals surface area (Å²) in [6.07, 6.45) is 3.35. The fourth-order valence-electron chi connectivity index (χ4n) is 2.38. The minimum Gasteiger partial charge on any atom is -0.316 e. The van der Waals surface area contributed by atoms with Gasteiger partial charge in [0.2, 0.25) is 0 Å². The van der Waals surface area contributed by atoms with E-state index in [1.54, 1.807) is 12.4 Å². The van der Waals surface area contributed by atoms with Crippen LogP contribution < -0.4 is 21.5 Å². The summed E-state index contributed by atoms with van der Waals surface area (Å²) in [7, 11) is 0. The molecule has 3 heterocycles. The van der Waals surface area contributed by atoms with Gasteiger partial charge in [0.05, 0.1) is 22.8 Å². The third-order valence-corrected chi connectivity index (χ3v) is 4.34. The van der Waals surface area contributed by atoms with Gasteiger partial charge in [-0.2, -0.15) is 10.2 Å². The second kappa shape index (κ2) is 11.5. The summed E-state index contributed by atoms with van der Waals surface area (Å²) in [5.74, 6) is 1.26. The van der Waals surface area contributed by atoms with Crippen molar-refractivity contribution < 1.29 is 0 Å². The minimum atomic E-state index is 0.329. The Morgan fingerprint density at radius 1 is 0.688 bits per heavy atom. The standard InChI is InChI=1S/C21H21N9S2/c1-14(27-29-20(31)25-18-10-3-5-12-22-18)16-8-7-9-17(24-16)15(2)28-30-21(32)26-19-11-4-6-13-23-19/h3-13H,1-2H3,(H2,22,25,29,31)(H2,23,26,30,32)/b27-14+,28-15+. The second-order valence-corrected chi connectivity index (χ2v) is 7.18. The maximum Gasteiger partial charge on any atom is 0.192 e. The number of thiocarbonyl (C=S) groups is 2. The molecule has 11 heteroatoms. The first-order chi connectivity index (χ1) is 15.5. The predicted octanol–water partition coefficient (Wildman–Crippen LogP) is 3.29. The Bertz CT molecular complexity index is 1050. The molecule has 0 unspecified atom stereocenters. The highest BCUT2D eigenvalue weighted by molar-refractivity contribution is 7.80. The summed E-state index contributed by atoms with van der Waals surface area (Å²) >= 11 is 10.5. The Labute approximate surface area is 196 Å². The van der Waals surface area contributed by atoms with Crippen LogP contribution in [0.25, 0.3) is 0 Å². The highest BCUT2D eigenvalue weighted by Gasteiger charge is 2.06. The third kappa shape index (κ3) is 7.15. The minimum absolute atomic E-state index is 0.329. The monoisotopic (exact) mass is 463 g/mol. The fourth-order valence-corrected chi connectivity index (χ4v) is 2.68. The van der Waals surface area contributed by atoms with Crippen LogP contribution in [0.5, 0.6) is 0 Å². The summed E-state index contributed by atoms with van der Waals surface area (Å²) in [6, 6.07) is 16.6. The van der Waals surface area contributed by atoms with Crippen LogP contribution in [0.4, 0.5) is 11.6 Å². The summed E-state index contributed by atoms with van der Waals surface area (Å²) in [5, 5.41) is 15.1. The Hall–Kier alpha value is -3.83. The first kappa shape index (κ1) is 22.8. The van der Waals surface area contributed by atoms with E-state index < -0.39 is 0 Å². The lowest BCUT2D eigenvalue weighted by Crippen LogP contribution is -2.26. The van der Waals surface area contributed by atoms with Gasteiger partial charge in [-0.05, 0) is 74.7 Å². The molecule has 0 bridgehead atoms. The van der Waals surface area contributed by atoms with Crippen molar-refractivity contribution in [2.75, 3.05) is 10.6 Å². The molecule has 0 spiro atoms. The van der Waals surface area contributed by atoms with Gasteiger partial charge in [-0.25, -0.2) is 15.0 Å². The van der Waals surface area contributed by atoms with Gasteiger partial charge in [-0.15, -0.1) is 0 Å².